The molecule has 1 N–H and O–H groups in total. The van der Waals surface area contributed by atoms with Gasteiger partial charge in [-0.05, 0) is 53.1 Å². The first kappa shape index (κ1) is 22.3. The molecule has 1 aliphatic heterocycles. The van der Waals surface area contributed by atoms with Crippen molar-refractivity contribution in [1.82, 2.24) is 10.2 Å². The van der Waals surface area contributed by atoms with E-state index in [1.54, 1.807) is 12.1 Å². The molecule has 0 aliphatic carbocycles. The molecule has 1 aliphatic rings. The molecule has 3 nitrogen and oxygen atoms in total. The molecule has 32 heavy (non-hydrogen) atoms. The number of halogens is 4. The maximum absolute atomic E-state index is 12.9. The van der Waals surface area contributed by atoms with E-state index >= 15 is 0 Å². The van der Waals surface area contributed by atoms with Crippen molar-refractivity contribution >= 4 is 16.7 Å². The van der Waals surface area contributed by atoms with Crippen LogP contribution in [0.1, 0.15) is 22.8 Å². The van der Waals surface area contributed by atoms with Crippen molar-refractivity contribution in [3.8, 4) is 11.1 Å². The van der Waals surface area contributed by atoms with Crippen LogP contribution in [0.3, 0.4) is 0 Å². The first-order chi connectivity index (χ1) is 15.3. The number of fused-ring (bicyclic) bond motifs is 1. The standard InChI is InChI=1S/C25H24F4N2O/c1-16(20-14-31(15-20)12-11-26)30-24(32)19-7-10-23-18(13-19)3-2-4-22(23)17-5-8-21(9-6-17)25(27,28)29/h2-10,13,16,20H,11-12,14-15H2,1H3,(H,30,32)/t16-/m0/s1. The van der Waals surface area contributed by atoms with Gasteiger partial charge in [0.1, 0.15) is 6.67 Å². The quantitative estimate of drug-likeness (QED) is 0.506. The Hall–Kier alpha value is -2.93. The van der Waals surface area contributed by atoms with Gasteiger partial charge in [0.05, 0.1) is 5.56 Å². The maximum atomic E-state index is 12.9. The number of hydrogen-bond donors (Lipinski definition) is 1. The third-order valence-electron chi connectivity index (χ3n) is 6.12. The van der Waals surface area contributed by atoms with Crippen molar-refractivity contribution in [2.45, 2.75) is 19.1 Å². The van der Waals surface area contributed by atoms with E-state index in [9.17, 15) is 22.4 Å². The summed E-state index contributed by atoms with van der Waals surface area (Å²) < 4.78 is 51.0. The zero-order valence-electron chi connectivity index (χ0n) is 17.6. The molecule has 1 heterocycles. The van der Waals surface area contributed by atoms with E-state index in [0.717, 1.165) is 41.6 Å². The first-order valence-corrected chi connectivity index (χ1v) is 10.6. The fourth-order valence-corrected chi connectivity index (χ4v) is 4.15. The van der Waals surface area contributed by atoms with Crippen LogP contribution in [-0.4, -0.2) is 43.2 Å². The summed E-state index contributed by atoms with van der Waals surface area (Å²) in [5.74, 6) is 0.125. The summed E-state index contributed by atoms with van der Waals surface area (Å²) in [7, 11) is 0. The van der Waals surface area contributed by atoms with Crippen molar-refractivity contribution < 1.29 is 22.4 Å². The van der Waals surface area contributed by atoms with Crippen molar-refractivity contribution in [2.24, 2.45) is 5.92 Å². The first-order valence-electron chi connectivity index (χ1n) is 10.6. The van der Waals surface area contributed by atoms with Crippen LogP contribution in [0.25, 0.3) is 21.9 Å². The largest absolute Gasteiger partial charge is 0.416 e. The summed E-state index contributed by atoms with van der Waals surface area (Å²) in [5, 5.41) is 4.72. The molecule has 3 aromatic carbocycles. The lowest BCUT2D eigenvalue weighted by Crippen LogP contribution is -2.56. The van der Waals surface area contributed by atoms with Crippen LogP contribution in [0.5, 0.6) is 0 Å². The van der Waals surface area contributed by atoms with Gasteiger partial charge in [-0.15, -0.1) is 0 Å². The van der Waals surface area contributed by atoms with Gasteiger partial charge < -0.3 is 5.32 Å². The number of hydrogen-bond acceptors (Lipinski definition) is 2. The van der Waals surface area contributed by atoms with Crippen molar-refractivity contribution in [3.63, 3.8) is 0 Å². The lowest BCUT2D eigenvalue weighted by Gasteiger charge is -2.42. The summed E-state index contributed by atoms with van der Waals surface area (Å²) in [6.07, 6.45) is -4.37. The minimum Gasteiger partial charge on any atom is -0.349 e. The van der Waals surface area contributed by atoms with Gasteiger partial charge in [0.2, 0.25) is 0 Å². The number of carbonyl (C=O) groups is 1. The minimum atomic E-state index is -4.37. The van der Waals surface area contributed by atoms with Crippen LogP contribution in [0.4, 0.5) is 17.6 Å². The van der Waals surface area contributed by atoms with Crippen LogP contribution in [-0.2, 0) is 6.18 Å². The smallest absolute Gasteiger partial charge is 0.349 e. The van der Waals surface area contributed by atoms with Gasteiger partial charge in [0.25, 0.3) is 5.91 Å². The molecule has 1 fully saturated rings. The Morgan fingerprint density at radius 2 is 1.81 bits per heavy atom. The molecule has 1 saturated heterocycles. The Kier molecular flexibility index (Phi) is 6.20. The number of rotatable bonds is 6. The van der Waals surface area contributed by atoms with E-state index in [2.05, 4.69) is 5.32 Å². The number of likely N-dealkylation sites (tertiary alicyclic amines) is 1. The third-order valence-corrected chi connectivity index (χ3v) is 6.12. The molecule has 0 aromatic heterocycles. The van der Waals surface area contributed by atoms with Crippen LogP contribution in [0, 0.1) is 5.92 Å². The Bertz CT molecular complexity index is 1110. The predicted octanol–water partition coefficient (Wildman–Crippen LogP) is 5.55. The molecule has 0 saturated carbocycles. The Morgan fingerprint density at radius 1 is 1.09 bits per heavy atom. The van der Waals surface area contributed by atoms with Gasteiger partial charge >= 0.3 is 6.18 Å². The molecule has 4 rings (SSSR count). The van der Waals surface area contributed by atoms with Crippen molar-refractivity contribution in [3.05, 3.63) is 71.8 Å². The van der Waals surface area contributed by atoms with E-state index in [-0.39, 0.29) is 18.6 Å². The van der Waals surface area contributed by atoms with Gasteiger partial charge in [-0.1, -0.05) is 36.4 Å². The average molecular weight is 444 g/mol. The van der Waals surface area contributed by atoms with Gasteiger partial charge in [-0.25, -0.2) is 4.39 Å². The molecule has 0 radical (unpaired) electrons. The molecule has 1 amide bonds. The summed E-state index contributed by atoms with van der Waals surface area (Å²) >= 11 is 0. The normalized spacial score (nSPS) is 16.0. The monoisotopic (exact) mass is 444 g/mol. The number of alkyl halides is 4. The molecule has 3 aromatic rings. The molecule has 0 unspecified atom stereocenters. The fourth-order valence-electron chi connectivity index (χ4n) is 4.15. The van der Waals surface area contributed by atoms with E-state index in [1.807, 2.05) is 36.1 Å². The summed E-state index contributed by atoms with van der Waals surface area (Å²) in [6.45, 7) is 3.58. The second kappa shape index (κ2) is 8.90. The number of nitrogens with zero attached hydrogens (tertiary/aromatic N) is 1. The highest BCUT2D eigenvalue weighted by molar-refractivity contribution is 6.02. The highest BCUT2D eigenvalue weighted by Crippen LogP contribution is 2.33. The van der Waals surface area contributed by atoms with Gasteiger partial charge in [-0.2, -0.15) is 13.2 Å². The van der Waals surface area contributed by atoms with E-state index < -0.39 is 11.7 Å². The maximum Gasteiger partial charge on any atom is 0.416 e. The van der Waals surface area contributed by atoms with E-state index in [0.29, 0.717) is 23.6 Å². The fraction of sp³-hybridized carbons (Fsp3) is 0.320. The van der Waals surface area contributed by atoms with Gasteiger partial charge in [-0.3, -0.25) is 9.69 Å². The second-order valence-corrected chi connectivity index (χ2v) is 8.29. The SMILES string of the molecule is C[C@H](NC(=O)c1ccc2c(-c3ccc(C(F)(F)F)cc3)cccc2c1)C1CN(CCF)C1. The molecule has 0 bridgehead atoms. The number of amides is 1. The highest BCUT2D eigenvalue weighted by Gasteiger charge is 2.32. The van der Waals surface area contributed by atoms with Crippen LogP contribution in [0.2, 0.25) is 0 Å². The number of carbonyl (C=O) groups excluding carboxylic acids is 1. The van der Waals surface area contributed by atoms with Crippen molar-refractivity contribution in [1.29, 1.82) is 0 Å². The number of benzene rings is 3. The Labute approximate surface area is 184 Å². The van der Waals surface area contributed by atoms with Gasteiger partial charge in [0.15, 0.2) is 0 Å². The molecule has 168 valence electrons. The minimum absolute atomic E-state index is 0.0208. The molecular weight excluding hydrogens is 420 g/mol. The number of nitrogens with one attached hydrogen (secondary N) is 1. The summed E-state index contributed by atoms with van der Waals surface area (Å²) in [6, 6.07) is 16.0. The molecule has 7 heteroatoms. The lowest BCUT2D eigenvalue weighted by atomic mass is 9.92. The summed E-state index contributed by atoms with van der Waals surface area (Å²) in [4.78, 5) is 14.8. The third kappa shape index (κ3) is 4.63. The van der Waals surface area contributed by atoms with E-state index in [4.69, 9.17) is 0 Å². The van der Waals surface area contributed by atoms with Crippen LogP contribution < -0.4 is 5.32 Å². The van der Waals surface area contributed by atoms with Crippen LogP contribution >= 0.6 is 0 Å². The van der Waals surface area contributed by atoms with Crippen LogP contribution in [0.15, 0.2) is 60.7 Å². The lowest BCUT2D eigenvalue weighted by molar-refractivity contribution is -0.137. The van der Waals surface area contributed by atoms with E-state index in [1.165, 1.54) is 12.1 Å². The summed E-state index contributed by atoms with van der Waals surface area (Å²) in [5.41, 5.74) is 1.32. The Morgan fingerprint density at radius 3 is 2.47 bits per heavy atom. The average Bonchev–Trinajstić information content (AvgIpc) is 2.74. The molecule has 1 atom stereocenters. The topological polar surface area (TPSA) is 32.3 Å². The zero-order chi connectivity index (χ0) is 22.9. The van der Waals surface area contributed by atoms with Crippen molar-refractivity contribution in [2.75, 3.05) is 26.3 Å². The van der Waals surface area contributed by atoms with Gasteiger partial charge in [0, 0.05) is 37.2 Å². The predicted molar refractivity (Wildman–Crippen MR) is 117 cm³/mol. The second-order valence-electron chi connectivity index (χ2n) is 8.29. The molecule has 0 spiro atoms. The zero-order valence-corrected chi connectivity index (χ0v) is 17.6. The highest BCUT2D eigenvalue weighted by atomic mass is 19.4. The molecular formula is C25H24F4N2O. The Balaban J connectivity index is 1.51.